The average molecular weight is 113 g/mol. The molecule has 0 saturated carbocycles. The van der Waals surface area contributed by atoms with Crippen LogP contribution in [0.5, 0.6) is 0 Å². The van der Waals surface area contributed by atoms with E-state index >= 15 is 0 Å². The van der Waals surface area contributed by atoms with Crippen LogP contribution >= 0.6 is 0 Å². The Morgan fingerprint density at radius 1 is 1.75 bits per heavy atom. The zero-order chi connectivity index (χ0) is 6.57. The first-order valence-electron chi connectivity index (χ1n) is 2.02. The highest BCUT2D eigenvalue weighted by Gasteiger charge is 1.99. The fraction of sp³-hybridized carbons (Fsp3) is 0.400. The lowest BCUT2D eigenvalue weighted by Crippen LogP contribution is -2.20. The Labute approximate surface area is 48.2 Å². The number of amides is 1. The number of hydrogen-bond donors (Lipinski definition) is 0. The number of hydrogen-bond acceptors (Lipinski definition) is 2. The number of terminal acetylenes is 1. The molecule has 0 aliphatic heterocycles. The minimum atomic E-state index is -0.521. The van der Waals surface area contributed by atoms with Gasteiger partial charge in [0.1, 0.15) is 6.11 Å². The highest BCUT2D eigenvalue weighted by atomic mass is 16.5. The van der Waals surface area contributed by atoms with E-state index in [1.54, 1.807) is 20.2 Å². The number of nitrogens with zero attached hydrogens (tertiary/aromatic N) is 1. The molecule has 0 atom stereocenters. The minimum absolute atomic E-state index is 0.521. The first kappa shape index (κ1) is 6.83. The fourth-order valence-electron chi connectivity index (χ4n) is 0.142. The summed E-state index contributed by atoms with van der Waals surface area (Å²) in [5.74, 6) is 0. The number of ether oxygens (including phenoxy) is 1. The van der Waals surface area contributed by atoms with Crippen LogP contribution < -0.4 is 0 Å². The molecule has 0 aromatic rings. The van der Waals surface area contributed by atoms with Crippen molar-refractivity contribution in [3.8, 4) is 12.5 Å². The summed E-state index contributed by atoms with van der Waals surface area (Å²) in [5.41, 5.74) is 0. The van der Waals surface area contributed by atoms with Crippen molar-refractivity contribution in [1.29, 1.82) is 0 Å². The molecule has 0 radical (unpaired) electrons. The molecule has 1 amide bonds. The molecule has 0 unspecified atom stereocenters. The summed E-state index contributed by atoms with van der Waals surface area (Å²) in [5, 5.41) is 0. The number of rotatable bonds is 0. The minimum Gasteiger partial charge on any atom is -0.356 e. The van der Waals surface area contributed by atoms with E-state index in [4.69, 9.17) is 0 Å². The predicted octanol–water partition coefficient (Wildman–Crippen LogP) is 0.275. The lowest BCUT2D eigenvalue weighted by atomic mass is 10.9. The van der Waals surface area contributed by atoms with E-state index in [0.717, 1.165) is 0 Å². The molecule has 44 valence electrons. The summed E-state index contributed by atoms with van der Waals surface area (Å²) in [6, 6.07) is 0. The average Bonchev–Trinajstić information content (AvgIpc) is 1.67. The SMILES string of the molecule is C#COC(=O)N(C)C. The lowest BCUT2D eigenvalue weighted by molar-refractivity contribution is 0.162. The third kappa shape index (κ3) is 2.08. The van der Waals surface area contributed by atoms with E-state index < -0.39 is 6.09 Å². The van der Waals surface area contributed by atoms with Crippen LogP contribution in [-0.4, -0.2) is 25.1 Å². The molecular formula is C5H7NO2. The third-order valence-corrected chi connectivity index (χ3v) is 0.511. The molecule has 0 rings (SSSR count). The maximum Gasteiger partial charge on any atom is 0.423 e. The van der Waals surface area contributed by atoms with Crippen molar-refractivity contribution in [3.05, 3.63) is 0 Å². The highest BCUT2D eigenvalue weighted by Crippen LogP contribution is 1.80. The van der Waals surface area contributed by atoms with Gasteiger partial charge >= 0.3 is 6.09 Å². The Bertz CT molecular complexity index is 123. The Balaban J connectivity index is 3.53. The zero-order valence-corrected chi connectivity index (χ0v) is 4.84. The van der Waals surface area contributed by atoms with E-state index in [9.17, 15) is 4.79 Å². The normalized spacial score (nSPS) is 7.12. The van der Waals surface area contributed by atoms with Crippen LogP contribution in [0.4, 0.5) is 4.79 Å². The van der Waals surface area contributed by atoms with Gasteiger partial charge in [0.25, 0.3) is 0 Å². The fourth-order valence-corrected chi connectivity index (χ4v) is 0.142. The topological polar surface area (TPSA) is 29.5 Å². The first-order chi connectivity index (χ1) is 3.68. The van der Waals surface area contributed by atoms with Crippen molar-refractivity contribution in [1.82, 2.24) is 4.90 Å². The van der Waals surface area contributed by atoms with Gasteiger partial charge in [0.15, 0.2) is 0 Å². The van der Waals surface area contributed by atoms with Crippen LogP contribution in [0, 0.1) is 12.5 Å². The molecule has 0 saturated heterocycles. The number of carbonyl (C=O) groups excluding carboxylic acids is 1. The summed E-state index contributed by atoms with van der Waals surface area (Å²) < 4.78 is 4.12. The van der Waals surface area contributed by atoms with Gasteiger partial charge in [0.05, 0.1) is 0 Å². The van der Waals surface area contributed by atoms with Gasteiger partial charge in [-0.25, -0.2) is 4.79 Å². The Morgan fingerprint density at radius 3 is 2.38 bits per heavy atom. The quantitative estimate of drug-likeness (QED) is 0.422. The molecule has 0 aliphatic carbocycles. The summed E-state index contributed by atoms with van der Waals surface area (Å²) >= 11 is 0. The van der Waals surface area contributed by atoms with Crippen molar-refractivity contribution in [2.24, 2.45) is 0 Å². The summed E-state index contributed by atoms with van der Waals surface area (Å²) in [6.07, 6.45) is 5.88. The molecule has 0 fully saturated rings. The second-order valence-electron chi connectivity index (χ2n) is 1.38. The highest BCUT2D eigenvalue weighted by molar-refractivity contribution is 5.67. The van der Waals surface area contributed by atoms with Gasteiger partial charge in [-0.1, -0.05) is 6.42 Å². The van der Waals surface area contributed by atoms with Crippen LogP contribution in [0.1, 0.15) is 0 Å². The van der Waals surface area contributed by atoms with Gasteiger partial charge in [-0.15, -0.1) is 0 Å². The first-order valence-corrected chi connectivity index (χ1v) is 2.02. The van der Waals surface area contributed by atoms with E-state index in [0.29, 0.717) is 0 Å². The van der Waals surface area contributed by atoms with E-state index in [1.807, 2.05) is 0 Å². The van der Waals surface area contributed by atoms with Crippen molar-refractivity contribution in [2.75, 3.05) is 14.1 Å². The van der Waals surface area contributed by atoms with Gasteiger partial charge in [0.2, 0.25) is 0 Å². The largest absolute Gasteiger partial charge is 0.423 e. The molecule has 3 nitrogen and oxygen atoms in total. The molecule has 0 N–H and O–H groups in total. The molecule has 0 aromatic heterocycles. The van der Waals surface area contributed by atoms with E-state index in [-0.39, 0.29) is 0 Å². The van der Waals surface area contributed by atoms with E-state index in [2.05, 4.69) is 11.2 Å². The smallest absolute Gasteiger partial charge is 0.356 e. The maximum absolute atomic E-state index is 10.3. The van der Waals surface area contributed by atoms with Crippen LogP contribution in [0.25, 0.3) is 0 Å². The maximum atomic E-state index is 10.3. The van der Waals surface area contributed by atoms with Gasteiger partial charge in [-0.3, -0.25) is 0 Å². The Hall–Kier alpha value is -1.17. The molecule has 0 bridgehead atoms. The standard InChI is InChI=1S/C5H7NO2/c1-4-8-5(7)6(2)3/h1H,2-3H3. The van der Waals surface area contributed by atoms with Crippen molar-refractivity contribution < 1.29 is 9.53 Å². The molecule has 0 aromatic carbocycles. The predicted molar refractivity (Wildman–Crippen MR) is 29.0 cm³/mol. The summed E-state index contributed by atoms with van der Waals surface area (Å²) in [6.45, 7) is 0. The molecular weight excluding hydrogens is 106 g/mol. The molecule has 0 spiro atoms. The van der Waals surface area contributed by atoms with E-state index in [1.165, 1.54) is 4.90 Å². The van der Waals surface area contributed by atoms with Crippen molar-refractivity contribution in [2.45, 2.75) is 0 Å². The van der Waals surface area contributed by atoms with Gasteiger partial charge in [0, 0.05) is 14.1 Å². The van der Waals surface area contributed by atoms with Crippen LogP contribution in [0.2, 0.25) is 0 Å². The molecule has 0 heterocycles. The van der Waals surface area contributed by atoms with Crippen molar-refractivity contribution in [3.63, 3.8) is 0 Å². The third-order valence-electron chi connectivity index (χ3n) is 0.511. The zero-order valence-electron chi connectivity index (χ0n) is 4.84. The molecule has 8 heavy (non-hydrogen) atoms. The summed E-state index contributed by atoms with van der Waals surface area (Å²) in [7, 11) is 3.11. The number of carbonyl (C=O) groups is 1. The van der Waals surface area contributed by atoms with Gasteiger partial charge in [-0.05, 0) is 0 Å². The lowest BCUT2D eigenvalue weighted by Gasteiger charge is -2.04. The van der Waals surface area contributed by atoms with Crippen molar-refractivity contribution >= 4 is 6.09 Å². The second-order valence-corrected chi connectivity index (χ2v) is 1.38. The van der Waals surface area contributed by atoms with Gasteiger partial charge in [-0.2, -0.15) is 0 Å². The summed E-state index contributed by atoms with van der Waals surface area (Å²) in [4.78, 5) is 11.6. The second kappa shape index (κ2) is 2.92. The van der Waals surface area contributed by atoms with Crippen LogP contribution in [0.3, 0.4) is 0 Å². The Kier molecular flexibility index (Phi) is 2.49. The molecule has 3 heteroatoms. The Morgan fingerprint density at radius 2 is 2.25 bits per heavy atom. The van der Waals surface area contributed by atoms with Crippen LogP contribution in [0.15, 0.2) is 0 Å². The van der Waals surface area contributed by atoms with Gasteiger partial charge < -0.3 is 9.64 Å². The monoisotopic (exact) mass is 113 g/mol. The molecule has 0 aliphatic rings. The van der Waals surface area contributed by atoms with Crippen LogP contribution in [-0.2, 0) is 4.74 Å².